The fourth-order valence-corrected chi connectivity index (χ4v) is 5.36. The Bertz CT molecular complexity index is 755. The molecule has 1 aromatic rings. The van der Waals surface area contributed by atoms with E-state index >= 15 is 0 Å². The third-order valence-electron chi connectivity index (χ3n) is 7.86. The van der Waals surface area contributed by atoms with Crippen molar-refractivity contribution in [2.45, 2.75) is 116 Å². The molecular formula is C32H59N5O. The van der Waals surface area contributed by atoms with Gasteiger partial charge in [0.1, 0.15) is 6.23 Å². The number of hydrogen-bond donors (Lipinski definition) is 3. The summed E-state index contributed by atoms with van der Waals surface area (Å²) in [5.74, 6) is 0.466. The lowest BCUT2D eigenvalue weighted by Crippen LogP contribution is -2.56. The SMILES string of the molecule is CCCCCCCCCCCCCCNNN(C)CC(NC(OC)C1c2ccccc2C=CN1C)C(C)C. The molecule has 0 amide bonds. The zero-order valence-corrected chi connectivity index (χ0v) is 25.5. The van der Waals surface area contributed by atoms with E-state index in [1.807, 2.05) is 7.11 Å². The second-order valence-corrected chi connectivity index (χ2v) is 11.5. The fraction of sp³-hybridized carbons (Fsp3) is 0.750. The van der Waals surface area contributed by atoms with Gasteiger partial charge in [-0.1, -0.05) is 116 Å². The molecule has 0 saturated carbocycles. The normalized spacial score (nSPS) is 16.8. The minimum atomic E-state index is -0.110. The van der Waals surface area contributed by atoms with Gasteiger partial charge in [0.2, 0.25) is 0 Å². The number of fused-ring (bicyclic) bond motifs is 1. The van der Waals surface area contributed by atoms with Crippen LogP contribution in [-0.4, -0.2) is 56.5 Å². The predicted octanol–water partition coefficient (Wildman–Crippen LogP) is 6.87. The molecule has 6 heteroatoms. The largest absolute Gasteiger partial charge is 0.369 e. The Kier molecular flexibility index (Phi) is 16.9. The lowest BCUT2D eigenvalue weighted by atomic mass is 9.94. The Balaban J connectivity index is 1.63. The summed E-state index contributed by atoms with van der Waals surface area (Å²) in [5, 5.41) is 5.98. The van der Waals surface area contributed by atoms with Gasteiger partial charge in [-0.05, 0) is 29.5 Å². The number of hydrogen-bond acceptors (Lipinski definition) is 6. The molecule has 0 saturated heterocycles. The molecule has 0 aliphatic carbocycles. The van der Waals surface area contributed by atoms with Crippen molar-refractivity contribution in [2.75, 3.05) is 34.3 Å². The topological polar surface area (TPSA) is 51.8 Å². The van der Waals surface area contributed by atoms with E-state index in [4.69, 9.17) is 4.74 Å². The van der Waals surface area contributed by atoms with E-state index in [0.29, 0.717) is 5.92 Å². The number of unbranched alkanes of at least 4 members (excludes halogenated alkanes) is 11. The first-order valence-electron chi connectivity index (χ1n) is 15.5. The van der Waals surface area contributed by atoms with Gasteiger partial charge in [0.15, 0.2) is 0 Å². The van der Waals surface area contributed by atoms with Crippen LogP contribution in [0.25, 0.3) is 6.08 Å². The lowest BCUT2D eigenvalue weighted by molar-refractivity contribution is -0.00560. The van der Waals surface area contributed by atoms with Crippen LogP contribution < -0.4 is 16.3 Å². The molecule has 1 aromatic carbocycles. The summed E-state index contributed by atoms with van der Waals surface area (Å²) >= 11 is 0. The number of benzene rings is 1. The van der Waals surface area contributed by atoms with Gasteiger partial charge in [-0.15, -0.1) is 0 Å². The summed E-state index contributed by atoms with van der Waals surface area (Å²) in [4.78, 5) is 2.25. The Hall–Kier alpha value is -1.44. The molecule has 1 aliphatic rings. The van der Waals surface area contributed by atoms with Crippen molar-refractivity contribution < 1.29 is 4.74 Å². The highest BCUT2D eigenvalue weighted by molar-refractivity contribution is 5.57. The quantitative estimate of drug-likeness (QED) is 0.0865. The van der Waals surface area contributed by atoms with Gasteiger partial charge < -0.3 is 9.64 Å². The number of nitrogens with one attached hydrogen (secondary N) is 3. The molecule has 0 bridgehead atoms. The van der Waals surface area contributed by atoms with Crippen molar-refractivity contribution >= 4 is 6.08 Å². The number of nitrogens with zero attached hydrogens (tertiary/aromatic N) is 2. The van der Waals surface area contributed by atoms with E-state index in [2.05, 4.69) is 97.6 Å². The molecule has 0 aromatic heterocycles. The minimum absolute atomic E-state index is 0.110. The maximum Gasteiger partial charge on any atom is 0.132 e. The Morgan fingerprint density at radius 2 is 1.53 bits per heavy atom. The number of likely N-dealkylation sites (N-methyl/N-ethyl adjacent to an activating group) is 2. The van der Waals surface area contributed by atoms with Crippen LogP contribution in [0.15, 0.2) is 30.5 Å². The van der Waals surface area contributed by atoms with E-state index in [1.54, 1.807) is 0 Å². The molecule has 1 heterocycles. The first kappa shape index (κ1) is 32.8. The van der Waals surface area contributed by atoms with Crippen LogP contribution in [0.3, 0.4) is 0 Å². The molecular weight excluding hydrogens is 470 g/mol. The highest BCUT2D eigenvalue weighted by Gasteiger charge is 2.32. The monoisotopic (exact) mass is 529 g/mol. The average molecular weight is 530 g/mol. The highest BCUT2D eigenvalue weighted by atomic mass is 16.5. The Labute approximate surface area is 234 Å². The summed E-state index contributed by atoms with van der Waals surface area (Å²) in [6.07, 6.45) is 20.8. The van der Waals surface area contributed by atoms with Crippen molar-refractivity contribution in [3.8, 4) is 0 Å². The number of rotatable bonds is 22. The van der Waals surface area contributed by atoms with Crippen LogP contribution in [0.2, 0.25) is 0 Å². The summed E-state index contributed by atoms with van der Waals surface area (Å²) in [5.41, 5.74) is 9.37. The zero-order valence-electron chi connectivity index (χ0n) is 25.5. The second kappa shape index (κ2) is 19.6. The fourth-order valence-electron chi connectivity index (χ4n) is 5.36. The zero-order chi connectivity index (χ0) is 27.6. The third kappa shape index (κ3) is 12.2. The van der Waals surface area contributed by atoms with Crippen molar-refractivity contribution in [3.63, 3.8) is 0 Å². The maximum absolute atomic E-state index is 6.02. The van der Waals surface area contributed by atoms with Gasteiger partial charge in [-0.3, -0.25) is 5.32 Å². The number of ether oxygens (including phenoxy) is 1. The van der Waals surface area contributed by atoms with E-state index in [1.165, 1.54) is 88.2 Å². The molecule has 38 heavy (non-hydrogen) atoms. The molecule has 0 fully saturated rings. The van der Waals surface area contributed by atoms with Gasteiger partial charge in [0, 0.05) is 46.5 Å². The average Bonchev–Trinajstić information content (AvgIpc) is 2.91. The first-order chi connectivity index (χ1) is 18.5. The van der Waals surface area contributed by atoms with Crippen molar-refractivity contribution in [1.82, 2.24) is 26.2 Å². The predicted molar refractivity (Wildman–Crippen MR) is 163 cm³/mol. The molecule has 0 spiro atoms. The van der Waals surface area contributed by atoms with Gasteiger partial charge in [0.25, 0.3) is 0 Å². The highest BCUT2D eigenvalue weighted by Crippen LogP contribution is 2.32. The molecule has 3 N–H and O–H groups in total. The minimum Gasteiger partial charge on any atom is -0.369 e. The van der Waals surface area contributed by atoms with E-state index in [9.17, 15) is 0 Å². The van der Waals surface area contributed by atoms with Gasteiger partial charge in [0.05, 0.1) is 6.04 Å². The van der Waals surface area contributed by atoms with Crippen molar-refractivity contribution in [3.05, 3.63) is 41.6 Å². The molecule has 1 aliphatic heterocycles. The van der Waals surface area contributed by atoms with Crippen LogP contribution in [-0.2, 0) is 4.74 Å². The Morgan fingerprint density at radius 1 is 0.921 bits per heavy atom. The van der Waals surface area contributed by atoms with Crippen LogP contribution in [0.5, 0.6) is 0 Å². The summed E-state index contributed by atoms with van der Waals surface area (Å²) in [6.45, 7) is 8.71. The van der Waals surface area contributed by atoms with Gasteiger partial charge in [-0.2, -0.15) is 5.53 Å². The molecule has 2 rings (SSSR count). The summed E-state index contributed by atoms with van der Waals surface area (Å²) < 4.78 is 6.02. The van der Waals surface area contributed by atoms with Gasteiger partial charge >= 0.3 is 0 Å². The van der Waals surface area contributed by atoms with Crippen molar-refractivity contribution in [2.24, 2.45) is 5.92 Å². The number of hydrazine groups is 2. The summed E-state index contributed by atoms with van der Waals surface area (Å²) in [7, 11) is 6.04. The van der Waals surface area contributed by atoms with E-state index < -0.39 is 0 Å². The van der Waals surface area contributed by atoms with Gasteiger partial charge in [-0.25, -0.2) is 10.4 Å². The van der Waals surface area contributed by atoms with E-state index in [0.717, 1.165) is 13.1 Å². The molecule has 0 radical (unpaired) electrons. The standard InChI is InChI=1S/C32H59N5O/c1-7-8-9-10-11-12-13-14-15-16-17-20-24-33-35-37(5)26-30(27(2)3)34-32(38-6)31-29-22-19-18-21-28(29)23-25-36(31)4/h18-19,21-23,25,27,30-35H,7-17,20,24,26H2,1-6H3. The van der Waals surface area contributed by atoms with Crippen molar-refractivity contribution in [1.29, 1.82) is 0 Å². The maximum atomic E-state index is 6.02. The summed E-state index contributed by atoms with van der Waals surface area (Å²) in [6, 6.07) is 9.01. The van der Waals surface area contributed by atoms with Crippen LogP contribution in [0.4, 0.5) is 0 Å². The van der Waals surface area contributed by atoms with Crippen LogP contribution in [0.1, 0.15) is 115 Å². The second-order valence-electron chi connectivity index (χ2n) is 11.5. The lowest BCUT2D eigenvalue weighted by Gasteiger charge is -2.40. The Morgan fingerprint density at radius 3 is 2.13 bits per heavy atom. The first-order valence-corrected chi connectivity index (χ1v) is 15.5. The van der Waals surface area contributed by atoms with E-state index in [-0.39, 0.29) is 18.3 Å². The molecule has 6 nitrogen and oxygen atoms in total. The number of methoxy groups -OCH3 is 1. The molecule has 3 unspecified atom stereocenters. The molecule has 218 valence electrons. The molecule has 3 atom stereocenters. The van der Waals surface area contributed by atoms with Crippen LogP contribution in [0, 0.1) is 5.92 Å². The van der Waals surface area contributed by atoms with Crippen LogP contribution >= 0.6 is 0 Å². The third-order valence-corrected chi connectivity index (χ3v) is 7.86. The smallest absolute Gasteiger partial charge is 0.132 e.